The fourth-order valence-corrected chi connectivity index (χ4v) is 3.20. The largest absolute Gasteiger partial charge is 0.508 e. The number of benzene rings is 1. The van der Waals surface area contributed by atoms with Gasteiger partial charge in [0.15, 0.2) is 0 Å². The monoisotopic (exact) mass is 342 g/mol. The number of phenolic OH excluding ortho intramolecular Hbond substituents is 2. The standard InChI is InChI=1S/C22H30O3/c1-15-7-5-9-16(2)11-18-13-21(24)19(14-20(18)23)22(25-4)12-17(3)10-6-8-15/h8-9,12-14,22-24H,5-7,10-11H2,1-4H3/b15-8-,16-9-,17-12-. The minimum atomic E-state index is -0.366. The van der Waals surface area contributed by atoms with E-state index < -0.39 is 0 Å². The number of ether oxygens (including phenoxy) is 1. The Morgan fingerprint density at radius 2 is 1.52 bits per heavy atom. The molecule has 2 bridgehead atoms. The number of fused-ring (bicyclic) bond motifs is 10. The number of methoxy groups -OCH3 is 1. The molecule has 0 saturated carbocycles. The lowest BCUT2D eigenvalue weighted by molar-refractivity contribution is 0.139. The molecule has 0 fully saturated rings. The summed E-state index contributed by atoms with van der Waals surface area (Å²) < 4.78 is 5.55. The molecular formula is C22H30O3. The Kier molecular flexibility index (Phi) is 6.89. The summed E-state index contributed by atoms with van der Waals surface area (Å²) in [6.07, 6.45) is 10.8. The molecule has 2 N–H and O–H groups in total. The predicted octanol–water partition coefficient (Wildman–Crippen LogP) is 5.74. The van der Waals surface area contributed by atoms with Gasteiger partial charge in [-0.15, -0.1) is 0 Å². The molecule has 1 aromatic carbocycles. The van der Waals surface area contributed by atoms with Gasteiger partial charge < -0.3 is 14.9 Å². The molecule has 1 aromatic rings. The molecule has 1 unspecified atom stereocenters. The number of rotatable bonds is 1. The third-order valence-corrected chi connectivity index (χ3v) is 4.76. The topological polar surface area (TPSA) is 49.7 Å². The summed E-state index contributed by atoms with van der Waals surface area (Å²) in [6.45, 7) is 6.33. The van der Waals surface area contributed by atoms with E-state index in [-0.39, 0.29) is 17.6 Å². The van der Waals surface area contributed by atoms with Crippen LogP contribution in [0.4, 0.5) is 0 Å². The highest BCUT2D eigenvalue weighted by Gasteiger charge is 2.16. The summed E-state index contributed by atoms with van der Waals surface area (Å²) in [5.74, 6) is 0.371. The van der Waals surface area contributed by atoms with E-state index in [2.05, 4.69) is 32.9 Å². The Morgan fingerprint density at radius 1 is 0.880 bits per heavy atom. The summed E-state index contributed by atoms with van der Waals surface area (Å²) in [5, 5.41) is 20.8. The fraction of sp³-hybridized carbons (Fsp3) is 0.455. The third-order valence-electron chi connectivity index (χ3n) is 4.76. The lowest BCUT2D eigenvalue weighted by Crippen LogP contribution is -2.01. The van der Waals surface area contributed by atoms with Crippen LogP contribution in [-0.4, -0.2) is 17.3 Å². The van der Waals surface area contributed by atoms with Crippen LogP contribution in [0.1, 0.15) is 63.7 Å². The van der Waals surface area contributed by atoms with E-state index in [0.29, 0.717) is 12.0 Å². The Balaban J connectivity index is 2.44. The van der Waals surface area contributed by atoms with Crippen molar-refractivity contribution in [3.8, 4) is 11.5 Å². The molecule has 3 heteroatoms. The summed E-state index contributed by atoms with van der Waals surface area (Å²) >= 11 is 0. The van der Waals surface area contributed by atoms with Crippen LogP contribution in [0.15, 0.2) is 47.1 Å². The first-order chi connectivity index (χ1) is 11.9. The van der Waals surface area contributed by atoms with Crippen molar-refractivity contribution >= 4 is 0 Å². The molecule has 3 nitrogen and oxygen atoms in total. The van der Waals surface area contributed by atoms with Crippen LogP contribution in [0, 0.1) is 0 Å². The zero-order valence-corrected chi connectivity index (χ0v) is 15.8. The Labute approximate surface area is 151 Å². The van der Waals surface area contributed by atoms with Gasteiger partial charge >= 0.3 is 0 Å². The molecule has 3 rings (SSSR count). The molecule has 0 spiro atoms. The zero-order chi connectivity index (χ0) is 18.4. The van der Waals surface area contributed by atoms with Crippen molar-refractivity contribution in [1.29, 1.82) is 0 Å². The summed E-state index contributed by atoms with van der Waals surface area (Å²) in [6, 6.07) is 3.29. The highest BCUT2D eigenvalue weighted by Crippen LogP contribution is 2.35. The SMILES string of the molecule is COC1/C=C(/C)CC/C=C(/C)CC/C=C(/C)Cc2cc(O)c1cc2O. The number of allylic oxidation sites excluding steroid dienone is 5. The van der Waals surface area contributed by atoms with Crippen LogP contribution in [0.3, 0.4) is 0 Å². The second-order valence-electron chi connectivity index (χ2n) is 7.06. The first kappa shape index (κ1) is 19.3. The molecule has 0 heterocycles. The number of hydrogen-bond acceptors (Lipinski definition) is 3. The van der Waals surface area contributed by atoms with Gasteiger partial charge in [-0.3, -0.25) is 0 Å². The van der Waals surface area contributed by atoms with Gasteiger partial charge in [-0.1, -0.05) is 34.9 Å². The maximum atomic E-state index is 10.4. The molecular weight excluding hydrogens is 312 g/mol. The molecule has 136 valence electrons. The first-order valence-corrected chi connectivity index (χ1v) is 8.96. The van der Waals surface area contributed by atoms with Crippen molar-refractivity contribution in [2.24, 2.45) is 0 Å². The lowest BCUT2D eigenvalue weighted by atomic mass is 9.97. The van der Waals surface area contributed by atoms with Crippen molar-refractivity contribution in [2.45, 2.75) is 59.0 Å². The van der Waals surface area contributed by atoms with Crippen molar-refractivity contribution in [2.75, 3.05) is 7.11 Å². The van der Waals surface area contributed by atoms with Crippen molar-refractivity contribution in [1.82, 2.24) is 0 Å². The molecule has 0 aromatic heterocycles. The minimum absolute atomic E-state index is 0.166. The van der Waals surface area contributed by atoms with Crippen LogP contribution in [0.2, 0.25) is 0 Å². The van der Waals surface area contributed by atoms with Crippen molar-refractivity contribution in [3.05, 3.63) is 58.2 Å². The van der Waals surface area contributed by atoms with E-state index in [4.69, 9.17) is 4.74 Å². The number of hydrogen-bond donors (Lipinski definition) is 2. The van der Waals surface area contributed by atoms with Gasteiger partial charge in [0.05, 0.1) is 0 Å². The van der Waals surface area contributed by atoms with Crippen LogP contribution in [0.25, 0.3) is 0 Å². The van der Waals surface area contributed by atoms with Gasteiger partial charge in [-0.25, -0.2) is 0 Å². The molecule has 0 radical (unpaired) electrons. The maximum Gasteiger partial charge on any atom is 0.122 e. The number of aromatic hydroxyl groups is 2. The number of phenols is 2. The van der Waals surface area contributed by atoms with Crippen LogP contribution < -0.4 is 0 Å². The average molecular weight is 342 g/mol. The predicted molar refractivity (Wildman–Crippen MR) is 103 cm³/mol. The smallest absolute Gasteiger partial charge is 0.122 e. The van der Waals surface area contributed by atoms with Gasteiger partial charge in [0, 0.05) is 18.2 Å². The first-order valence-electron chi connectivity index (χ1n) is 8.96. The van der Waals surface area contributed by atoms with E-state index in [1.165, 1.54) is 16.7 Å². The molecule has 2 aliphatic rings. The van der Waals surface area contributed by atoms with Gasteiger partial charge in [-0.05, 0) is 65.0 Å². The highest BCUT2D eigenvalue weighted by molar-refractivity contribution is 5.48. The Hall–Kier alpha value is -2.00. The summed E-state index contributed by atoms with van der Waals surface area (Å²) in [4.78, 5) is 0. The van der Waals surface area contributed by atoms with Crippen LogP contribution in [0.5, 0.6) is 11.5 Å². The third kappa shape index (κ3) is 5.50. The molecule has 0 aliphatic heterocycles. The second-order valence-corrected chi connectivity index (χ2v) is 7.06. The lowest BCUT2D eigenvalue weighted by Gasteiger charge is -2.17. The maximum absolute atomic E-state index is 10.4. The van der Waals surface area contributed by atoms with E-state index >= 15 is 0 Å². The van der Waals surface area contributed by atoms with Gasteiger partial charge in [0.25, 0.3) is 0 Å². The van der Waals surface area contributed by atoms with Gasteiger partial charge in [-0.2, -0.15) is 0 Å². The second kappa shape index (κ2) is 8.91. The van der Waals surface area contributed by atoms with Crippen LogP contribution >= 0.6 is 0 Å². The van der Waals surface area contributed by atoms with Crippen molar-refractivity contribution in [3.63, 3.8) is 0 Å². The summed E-state index contributed by atoms with van der Waals surface area (Å²) in [5.41, 5.74) is 5.16. The van der Waals surface area contributed by atoms with E-state index in [0.717, 1.165) is 31.2 Å². The fourth-order valence-electron chi connectivity index (χ4n) is 3.20. The molecule has 0 amide bonds. The quantitative estimate of drug-likeness (QED) is 0.505. The Bertz CT molecular complexity index is 695. The normalized spacial score (nSPS) is 26.2. The zero-order valence-electron chi connectivity index (χ0n) is 15.8. The average Bonchev–Trinajstić information content (AvgIpc) is 2.55. The molecule has 25 heavy (non-hydrogen) atoms. The molecule has 0 saturated heterocycles. The molecule has 1 atom stereocenters. The van der Waals surface area contributed by atoms with E-state index in [1.807, 2.05) is 6.08 Å². The van der Waals surface area contributed by atoms with Gasteiger partial charge in [0.1, 0.15) is 17.6 Å². The summed E-state index contributed by atoms with van der Waals surface area (Å²) in [7, 11) is 1.62. The van der Waals surface area contributed by atoms with Gasteiger partial charge in [0.2, 0.25) is 0 Å². The Morgan fingerprint density at radius 3 is 2.20 bits per heavy atom. The minimum Gasteiger partial charge on any atom is -0.508 e. The van der Waals surface area contributed by atoms with Crippen molar-refractivity contribution < 1.29 is 14.9 Å². The highest BCUT2D eigenvalue weighted by atomic mass is 16.5. The van der Waals surface area contributed by atoms with E-state index in [1.54, 1.807) is 19.2 Å². The molecule has 2 aliphatic carbocycles. The van der Waals surface area contributed by atoms with Crippen LogP contribution in [-0.2, 0) is 11.2 Å². The van der Waals surface area contributed by atoms with E-state index in [9.17, 15) is 10.2 Å².